The van der Waals surface area contributed by atoms with Crippen molar-refractivity contribution < 1.29 is 13.2 Å². The van der Waals surface area contributed by atoms with E-state index < -0.39 is 9.05 Å². The average molecular weight is 334 g/mol. The summed E-state index contributed by atoms with van der Waals surface area (Å²) < 4.78 is 23.7. The van der Waals surface area contributed by atoms with E-state index in [1.807, 2.05) is 13.8 Å². The lowest BCUT2D eigenvalue weighted by molar-refractivity contribution is 0.0752. The fraction of sp³-hybridized carbons (Fsp3) is 0.692. The molecule has 1 amide bonds. The molecule has 2 rings (SSSR count). The maximum absolute atomic E-state index is 12.6. The Kier molecular flexibility index (Phi) is 4.93. The van der Waals surface area contributed by atoms with Gasteiger partial charge in [0.2, 0.25) is 0 Å². The second-order valence-electron chi connectivity index (χ2n) is 5.61. The van der Waals surface area contributed by atoms with Gasteiger partial charge in [0, 0.05) is 23.8 Å². The number of carbonyl (C=O) groups excluding carboxylic acids is 1. The first-order valence-electron chi connectivity index (χ1n) is 7.14. The van der Waals surface area contributed by atoms with E-state index in [1.165, 1.54) is 0 Å². The first-order valence-corrected chi connectivity index (χ1v) is 9.45. The third-order valence-corrected chi connectivity index (χ3v) is 5.03. The molecule has 1 N–H and O–H groups in total. The summed E-state index contributed by atoms with van der Waals surface area (Å²) >= 11 is 0. The Balaban J connectivity index is 2.41. The molecule has 1 saturated heterocycles. The highest BCUT2D eigenvalue weighted by Crippen LogP contribution is 2.29. The molecule has 1 aliphatic rings. The van der Waals surface area contributed by atoms with Gasteiger partial charge in [0.1, 0.15) is 4.90 Å². The Bertz CT molecular complexity index is 617. The van der Waals surface area contributed by atoms with Crippen molar-refractivity contribution in [2.45, 2.75) is 50.3 Å². The monoisotopic (exact) mass is 333 g/mol. The predicted molar refractivity (Wildman–Crippen MR) is 80.1 cm³/mol. The summed E-state index contributed by atoms with van der Waals surface area (Å²) in [4.78, 5) is 14.1. The van der Waals surface area contributed by atoms with E-state index in [1.54, 1.807) is 4.90 Å². The van der Waals surface area contributed by atoms with E-state index in [9.17, 15) is 13.2 Å². The molecule has 1 fully saturated rings. The smallest absolute Gasteiger partial charge is 0.275 e. The van der Waals surface area contributed by atoms with Crippen molar-refractivity contribution >= 4 is 25.6 Å². The molecule has 118 valence electrons. The van der Waals surface area contributed by atoms with Gasteiger partial charge in [-0.2, -0.15) is 5.10 Å². The van der Waals surface area contributed by atoms with Crippen LogP contribution in [0, 0.1) is 0 Å². The number of carbonyl (C=O) groups is 1. The summed E-state index contributed by atoms with van der Waals surface area (Å²) in [6, 6.07) is 0. The molecule has 0 aromatic carbocycles. The van der Waals surface area contributed by atoms with Crippen LogP contribution in [0.2, 0.25) is 0 Å². The second-order valence-corrected chi connectivity index (χ2v) is 8.12. The van der Waals surface area contributed by atoms with Gasteiger partial charge >= 0.3 is 0 Å². The SMILES string of the molecule is CC(C)c1[nH]nc(C(=O)N2CCCCCC2)c1S(=O)(=O)Cl. The van der Waals surface area contributed by atoms with Crippen LogP contribution in [0.1, 0.15) is 61.6 Å². The zero-order chi connectivity index (χ0) is 15.6. The van der Waals surface area contributed by atoms with Gasteiger partial charge in [0.25, 0.3) is 15.0 Å². The van der Waals surface area contributed by atoms with E-state index in [4.69, 9.17) is 10.7 Å². The van der Waals surface area contributed by atoms with Crippen molar-refractivity contribution in [1.29, 1.82) is 0 Å². The number of nitrogens with zero attached hydrogens (tertiary/aromatic N) is 2. The van der Waals surface area contributed by atoms with Crippen LogP contribution in [0.15, 0.2) is 4.90 Å². The van der Waals surface area contributed by atoms with Gasteiger partial charge in [-0.15, -0.1) is 0 Å². The Hall–Kier alpha value is -1.08. The molecule has 8 heteroatoms. The number of rotatable bonds is 3. The van der Waals surface area contributed by atoms with Crippen molar-refractivity contribution in [3.05, 3.63) is 11.4 Å². The van der Waals surface area contributed by atoms with E-state index in [0.29, 0.717) is 18.8 Å². The zero-order valence-corrected chi connectivity index (χ0v) is 13.8. The third kappa shape index (κ3) is 3.58. The largest absolute Gasteiger partial charge is 0.337 e. The molecule has 0 atom stereocenters. The molecule has 0 radical (unpaired) electrons. The highest BCUT2D eigenvalue weighted by atomic mass is 35.7. The van der Waals surface area contributed by atoms with Crippen LogP contribution in [0.25, 0.3) is 0 Å². The molecule has 0 spiro atoms. The maximum atomic E-state index is 12.6. The number of aromatic amines is 1. The van der Waals surface area contributed by atoms with Gasteiger partial charge in [-0.25, -0.2) is 8.42 Å². The highest BCUT2D eigenvalue weighted by Gasteiger charge is 2.32. The average Bonchev–Trinajstić information content (AvgIpc) is 2.67. The van der Waals surface area contributed by atoms with Crippen molar-refractivity contribution in [3.8, 4) is 0 Å². The number of nitrogens with one attached hydrogen (secondary N) is 1. The quantitative estimate of drug-likeness (QED) is 0.861. The van der Waals surface area contributed by atoms with Gasteiger partial charge in [-0.3, -0.25) is 9.89 Å². The molecular formula is C13H20ClN3O3S. The number of hydrogen-bond acceptors (Lipinski definition) is 4. The van der Waals surface area contributed by atoms with Crippen LogP contribution in [-0.4, -0.2) is 42.5 Å². The number of likely N-dealkylation sites (tertiary alicyclic amines) is 1. The Morgan fingerprint density at radius 2 is 1.81 bits per heavy atom. The Labute approximate surface area is 129 Å². The van der Waals surface area contributed by atoms with Crippen molar-refractivity contribution in [3.63, 3.8) is 0 Å². The minimum Gasteiger partial charge on any atom is -0.337 e. The van der Waals surface area contributed by atoms with Crippen LogP contribution < -0.4 is 0 Å². The molecule has 6 nitrogen and oxygen atoms in total. The van der Waals surface area contributed by atoms with Gasteiger partial charge in [-0.1, -0.05) is 26.7 Å². The lowest BCUT2D eigenvalue weighted by Gasteiger charge is -2.19. The molecule has 1 aromatic rings. The van der Waals surface area contributed by atoms with Crippen LogP contribution in [0.3, 0.4) is 0 Å². The van der Waals surface area contributed by atoms with Gasteiger partial charge < -0.3 is 4.90 Å². The summed E-state index contributed by atoms with van der Waals surface area (Å²) in [5.74, 6) is -0.481. The fourth-order valence-corrected chi connectivity index (χ4v) is 3.93. The molecule has 0 bridgehead atoms. The molecule has 0 unspecified atom stereocenters. The minimum absolute atomic E-state index is 0.0874. The summed E-state index contributed by atoms with van der Waals surface area (Å²) in [7, 11) is 1.48. The second kappa shape index (κ2) is 6.36. The summed E-state index contributed by atoms with van der Waals surface area (Å²) in [6.45, 7) is 4.90. The van der Waals surface area contributed by atoms with Gasteiger partial charge in [0.15, 0.2) is 5.69 Å². The number of amides is 1. The van der Waals surface area contributed by atoms with E-state index in [-0.39, 0.29) is 22.4 Å². The third-order valence-electron chi connectivity index (χ3n) is 3.66. The molecule has 1 aromatic heterocycles. The fourth-order valence-electron chi connectivity index (χ4n) is 2.55. The summed E-state index contributed by atoms with van der Waals surface area (Å²) in [5.41, 5.74) is 0.291. The summed E-state index contributed by atoms with van der Waals surface area (Å²) in [6.07, 6.45) is 4.02. The highest BCUT2D eigenvalue weighted by molar-refractivity contribution is 8.13. The standard InChI is InChI=1S/C13H20ClN3O3S/c1-9(2)10-12(21(14,19)20)11(16-15-10)13(18)17-7-5-3-4-6-8-17/h9H,3-8H2,1-2H3,(H,15,16). The Morgan fingerprint density at radius 3 is 2.29 bits per heavy atom. The lowest BCUT2D eigenvalue weighted by Crippen LogP contribution is -2.32. The molecule has 0 aliphatic carbocycles. The maximum Gasteiger partial charge on any atom is 0.275 e. The van der Waals surface area contributed by atoms with Crippen LogP contribution in [-0.2, 0) is 9.05 Å². The van der Waals surface area contributed by atoms with Crippen molar-refractivity contribution in [2.24, 2.45) is 0 Å². The summed E-state index contributed by atoms with van der Waals surface area (Å²) in [5, 5.41) is 6.58. The molecule has 0 saturated carbocycles. The van der Waals surface area contributed by atoms with Crippen LogP contribution >= 0.6 is 10.7 Å². The van der Waals surface area contributed by atoms with E-state index in [0.717, 1.165) is 25.7 Å². The molecule has 21 heavy (non-hydrogen) atoms. The van der Waals surface area contributed by atoms with Gasteiger partial charge in [-0.05, 0) is 18.8 Å². The minimum atomic E-state index is -4.03. The number of halogens is 1. The number of H-pyrrole nitrogens is 1. The van der Waals surface area contributed by atoms with Crippen LogP contribution in [0.5, 0.6) is 0 Å². The lowest BCUT2D eigenvalue weighted by atomic mass is 10.1. The van der Waals surface area contributed by atoms with Crippen molar-refractivity contribution in [1.82, 2.24) is 15.1 Å². The normalized spacial score (nSPS) is 17.0. The first-order chi connectivity index (χ1) is 9.82. The molecule has 2 heterocycles. The van der Waals surface area contributed by atoms with E-state index >= 15 is 0 Å². The zero-order valence-electron chi connectivity index (χ0n) is 12.2. The Morgan fingerprint density at radius 1 is 1.24 bits per heavy atom. The van der Waals surface area contributed by atoms with Crippen molar-refractivity contribution in [2.75, 3.05) is 13.1 Å². The van der Waals surface area contributed by atoms with Crippen LogP contribution in [0.4, 0.5) is 0 Å². The number of hydrogen-bond donors (Lipinski definition) is 1. The number of aromatic nitrogens is 2. The first kappa shape index (κ1) is 16.3. The molecule has 1 aliphatic heterocycles. The van der Waals surface area contributed by atoms with E-state index in [2.05, 4.69) is 10.2 Å². The topological polar surface area (TPSA) is 83.1 Å². The molecular weight excluding hydrogens is 314 g/mol. The van der Waals surface area contributed by atoms with Gasteiger partial charge in [0.05, 0.1) is 5.69 Å². The predicted octanol–water partition coefficient (Wildman–Crippen LogP) is 2.48.